The summed E-state index contributed by atoms with van der Waals surface area (Å²) < 4.78 is 18.0. The van der Waals surface area contributed by atoms with Crippen molar-refractivity contribution in [2.45, 2.75) is 31.5 Å². The number of carboxylic acid groups (broad SMARTS) is 1. The number of carboxylic acids is 1. The lowest BCUT2D eigenvalue weighted by molar-refractivity contribution is -0.151. The van der Waals surface area contributed by atoms with Crippen LogP contribution >= 0.6 is 0 Å². The molecule has 1 saturated carbocycles. The Hall–Kier alpha value is -1.42. The molecule has 1 aromatic rings. The highest BCUT2D eigenvalue weighted by atomic mass is 19.1. The van der Waals surface area contributed by atoms with Crippen LogP contribution in [0.2, 0.25) is 0 Å². The molecule has 0 aromatic heterocycles. The number of hydrogen-bond acceptors (Lipinski definition) is 2. The fourth-order valence-corrected chi connectivity index (χ4v) is 1.46. The molecule has 1 fully saturated rings. The lowest BCUT2D eigenvalue weighted by atomic mass is 10.1. The highest BCUT2D eigenvalue weighted by Gasteiger charge is 2.29. The Morgan fingerprint density at radius 1 is 1.44 bits per heavy atom. The van der Waals surface area contributed by atoms with E-state index in [-0.39, 0.29) is 18.3 Å². The van der Waals surface area contributed by atoms with Crippen LogP contribution in [0.3, 0.4) is 0 Å². The minimum atomic E-state index is -0.962. The first-order chi connectivity index (χ1) is 7.65. The predicted molar refractivity (Wildman–Crippen MR) is 55.6 cm³/mol. The molecule has 1 aliphatic carbocycles. The van der Waals surface area contributed by atoms with Crippen LogP contribution in [0, 0.1) is 5.82 Å². The van der Waals surface area contributed by atoms with Crippen LogP contribution in [-0.2, 0) is 16.0 Å². The number of rotatable bonds is 5. The van der Waals surface area contributed by atoms with Crippen LogP contribution in [0.4, 0.5) is 4.39 Å². The Kier molecular flexibility index (Phi) is 3.19. The van der Waals surface area contributed by atoms with Crippen LogP contribution in [0.1, 0.15) is 18.4 Å². The van der Waals surface area contributed by atoms with Crippen LogP contribution in [0.5, 0.6) is 0 Å². The first kappa shape index (κ1) is 11.1. The fraction of sp³-hybridized carbons (Fsp3) is 0.417. The summed E-state index contributed by atoms with van der Waals surface area (Å²) in [6, 6.07) is 5.82. The van der Waals surface area contributed by atoms with Gasteiger partial charge in [0.05, 0.1) is 6.10 Å². The zero-order valence-electron chi connectivity index (χ0n) is 8.73. The zero-order chi connectivity index (χ0) is 11.5. The maximum absolute atomic E-state index is 12.7. The minimum Gasteiger partial charge on any atom is -0.479 e. The van der Waals surface area contributed by atoms with E-state index >= 15 is 0 Å². The van der Waals surface area contributed by atoms with Crippen molar-refractivity contribution < 1.29 is 19.0 Å². The molecular weight excluding hydrogens is 211 g/mol. The molecule has 0 bridgehead atoms. The summed E-state index contributed by atoms with van der Waals surface area (Å²) in [5, 5.41) is 8.97. The van der Waals surface area contributed by atoms with Gasteiger partial charge in [0.15, 0.2) is 6.10 Å². The van der Waals surface area contributed by atoms with Gasteiger partial charge in [-0.1, -0.05) is 12.1 Å². The molecule has 0 amide bonds. The highest BCUT2D eigenvalue weighted by Crippen LogP contribution is 2.26. The molecular formula is C12H13FO3. The van der Waals surface area contributed by atoms with Crippen molar-refractivity contribution in [1.29, 1.82) is 0 Å². The standard InChI is InChI=1S/C12H13FO3/c13-9-3-1-8(2-4-9)7-11(12(14)15)16-10-5-6-10/h1-4,10-11H,5-7H2,(H,14,15)/t11-/m0/s1. The van der Waals surface area contributed by atoms with Crippen LogP contribution < -0.4 is 0 Å². The second kappa shape index (κ2) is 4.61. The zero-order valence-corrected chi connectivity index (χ0v) is 8.73. The van der Waals surface area contributed by atoms with Gasteiger partial charge < -0.3 is 9.84 Å². The molecule has 1 aliphatic rings. The molecule has 3 nitrogen and oxygen atoms in total. The molecule has 86 valence electrons. The normalized spacial score (nSPS) is 17.1. The summed E-state index contributed by atoms with van der Waals surface area (Å²) in [5.74, 6) is -1.28. The lowest BCUT2D eigenvalue weighted by Crippen LogP contribution is -2.27. The van der Waals surface area contributed by atoms with Crippen molar-refractivity contribution in [3.05, 3.63) is 35.6 Å². The monoisotopic (exact) mass is 224 g/mol. The number of halogens is 1. The van der Waals surface area contributed by atoms with Crippen LogP contribution in [-0.4, -0.2) is 23.3 Å². The van der Waals surface area contributed by atoms with Crippen molar-refractivity contribution in [2.24, 2.45) is 0 Å². The second-order valence-electron chi connectivity index (χ2n) is 3.99. The van der Waals surface area contributed by atoms with E-state index in [1.165, 1.54) is 12.1 Å². The van der Waals surface area contributed by atoms with E-state index in [0.29, 0.717) is 0 Å². The summed E-state index contributed by atoms with van der Waals surface area (Å²) in [6.45, 7) is 0. The van der Waals surface area contributed by atoms with Gasteiger partial charge in [0.2, 0.25) is 0 Å². The molecule has 2 rings (SSSR count). The van der Waals surface area contributed by atoms with Gasteiger partial charge in [0.1, 0.15) is 5.82 Å². The van der Waals surface area contributed by atoms with E-state index in [0.717, 1.165) is 18.4 Å². The molecule has 0 heterocycles. The third-order valence-corrected chi connectivity index (χ3v) is 2.49. The van der Waals surface area contributed by atoms with E-state index in [2.05, 4.69) is 0 Å². The van der Waals surface area contributed by atoms with Gasteiger partial charge in [-0.15, -0.1) is 0 Å². The van der Waals surface area contributed by atoms with Crippen molar-refractivity contribution in [1.82, 2.24) is 0 Å². The van der Waals surface area contributed by atoms with Crippen molar-refractivity contribution >= 4 is 5.97 Å². The molecule has 0 spiro atoms. The first-order valence-corrected chi connectivity index (χ1v) is 5.28. The van der Waals surface area contributed by atoms with Gasteiger partial charge in [0.25, 0.3) is 0 Å². The molecule has 0 saturated heterocycles. The third kappa shape index (κ3) is 3.03. The predicted octanol–water partition coefficient (Wildman–Crippen LogP) is 2.00. The molecule has 4 heteroatoms. The van der Waals surface area contributed by atoms with Crippen LogP contribution in [0.15, 0.2) is 24.3 Å². The average molecular weight is 224 g/mol. The average Bonchev–Trinajstić information content (AvgIpc) is 3.04. The third-order valence-electron chi connectivity index (χ3n) is 2.49. The van der Waals surface area contributed by atoms with E-state index in [1.54, 1.807) is 12.1 Å². The quantitative estimate of drug-likeness (QED) is 0.832. The lowest BCUT2D eigenvalue weighted by Gasteiger charge is -2.12. The van der Waals surface area contributed by atoms with Crippen molar-refractivity contribution in [3.8, 4) is 0 Å². The van der Waals surface area contributed by atoms with Gasteiger partial charge in [-0.25, -0.2) is 9.18 Å². The van der Waals surface area contributed by atoms with Gasteiger partial charge in [-0.2, -0.15) is 0 Å². The number of carbonyl (C=O) groups is 1. The van der Waals surface area contributed by atoms with Crippen LogP contribution in [0.25, 0.3) is 0 Å². The molecule has 0 unspecified atom stereocenters. The molecule has 0 aliphatic heterocycles. The van der Waals surface area contributed by atoms with Gasteiger partial charge in [-0.3, -0.25) is 0 Å². The molecule has 1 N–H and O–H groups in total. The highest BCUT2D eigenvalue weighted by molar-refractivity contribution is 5.72. The Bertz CT molecular complexity index is 370. The Balaban J connectivity index is 1.98. The molecule has 1 aromatic carbocycles. The van der Waals surface area contributed by atoms with Crippen molar-refractivity contribution in [2.75, 3.05) is 0 Å². The van der Waals surface area contributed by atoms with Gasteiger partial charge in [0, 0.05) is 6.42 Å². The summed E-state index contributed by atoms with van der Waals surface area (Å²) in [6.07, 6.45) is 1.44. The molecule has 0 radical (unpaired) electrons. The summed E-state index contributed by atoms with van der Waals surface area (Å²) in [4.78, 5) is 10.9. The SMILES string of the molecule is O=C(O)[C@H](Cc1ccc(F)cc1)OC1CC1. The maximum Gasteiger partial charge on any atom is 0.333 e. The molecule has 16 heavy (non-hydrogen) atoms. The Labute approximate surface area is 92.9 Å². The largest absolute Gasteiger partial charge is 0.479 e. The second-order valence-corrected chi connectivity index (χ2v) is 3.99. The van der Waals surface area contributed by atoms with E-state index < -0.39 is 12.1 Å². The van der Waals surface area contributed by atoms with Gasteiger partial charge >= 0.3 is 5.97 Å². The van der Waals surface area contributed by atoms with Gasteiger partial charge in [-0.05, 0) is 30.5 Å². The Morgan fingerprint density at radius 2 is 2.06 bits per heavy atom. The Morgan fingerprint density at radius 3 is 2.56 bits per heavy atom. The smallest absolute Gasteiger partial charge is 0.333 e. The summed E-state index contributed by atoms with van der Waals surface area (Å²) >= 11 is 0. The summed E-state index contributed by atoms with van der Waals surface area (Å²) in [7, 11) is 0. The first-order valence-electron chi connectivity index (χ1n) is 5.28. The van der Waals surface area contributed by atoms with E-state index in [4.69, 9.17) is 9.84 Å². The topological polar surface area (TPSA) is 46.5 Å². The van der Waals surface area contributed by atoms with E-state index in [1.807, 2.05) is 0 Å². The van der Waals surface area contributed by atoms with E-state index in [9.17, 15) is 9.18 Å². The number of aliphatic carboxylic acids is 1. The maximum atomic E-state index is 12.7. The number of hydrogen-bond donors (Lipinski definition) is 1. The number of benzene rings is 1. The fourth-order valence-electron chi connectivity index (χ4n) is 1.46. The van der Waals surface area contributed by atoms with Crippen molar-refractivity contribution in [3.63, 3.8) is 0 Å². The minimum absolute atomic E-state index is 0.0987. The molecule has 1 atom stereocenters. The summed E-state index contributed by atoms with van der Waals surface area (Å²) in [5.41, 5.74) is 0.773. The number of ether oxygens (including phenoxy) is 1.